The Morgan fingerprint density at radius 3 is 2.68 bits per heavy atom. The maximum Gasteiger partial charge on any atom is 0.416 e. The second-order valence-corrected chi connectivity index (χ2v) is 7.97. The van der Waals surface area contributed by atoms with E-state index in [1.807, 2.05) is 0 Å². The number of aromatic nitrogens is 2. The fraction of sp³-hybridized carbons (Fsp3) is 0.500. The van der Waals surface area contributed by atoms with Crippen molar-refractivity contribution in [3.05, 3.63) is 40.4 Å². The van der Waals surface area contributed by atoms with Gasteiger partial charge in [-0.05, 0) is 30.9 Å². The van der Waals surface area contributed by atoms with E-state index in [-0.39, 0.29) is 23.4 Å². The Kier molecular flexibility index (Phi) is 5.24. The van der Waals surface area contributed by atoms with E-state index in [4.69, 9.17) is 4.74 Å². The largest absolute Gasteiger partial charge is 0.416 e. The number of nitrogens with one attached hydrogen (secondary N) is 2. The van der Waals surface area contributed by atoms with Crippen LogP contribution in [-0.2, 0) is 10.9 Å². The number of halogens is 3. The molecule has 1 aromatic heterocycles. The topological polar surface area (TPSA) is 76.1 Å². The van der Waals surface area contributed by atoms with Gasteiger partial charge in [0.15, 0.2) is 0 Å². The molecule has 2 unspecified atom stereocenters. The Hall–Kier alpha value is -2.20. The Morgan fingerprint density at radius 2 is 1.93 bits per heavy atom. The third-order valence-electron chi connectivity index (χ3n) is 5.00. The van der Waals surface area contributed by atoms with Crippen molar-refractivity contribution in [3.8, 4) is 0 Å². The zero-order valence-corrected chi connectivity index (χ0v) is 15.6. The number of amides is 2. The lowest BCUT2D eigenvalue weighted by atomic mass is 10.0. The summed E-state index contributed by atoms with van der Waals surface area (Å²) >= 11 is 1.32. The molecule has 0 radical (unpaired) electrons. The molecule has 10 heteroatoms. The number of hydrogen-bond acceptors (Lipinski definition) is 5. The number of ether oxygens (including phenoxy) is 1. The van der Waals surface area contributed by atoms with Gasteiger partial charge in [-0.1, -0.05) is 29.5 Å². The van der Waals surface area contributed by atoms with Gasteiger partial charge in [0.25, 0.3) is 0 Å². The van der Waals surface area contributed by atoms with E-state index in [0.717, 1.165) is 23.9 Å². The minimum atomic E-state index is -4.40. The lowest BCUT2D eigenvalue weighted by Gasteiger charge is -2.18. The highest BCUT2D eigenvalue weighted by atomic mass is 32.1. The van der Waals surface area contributed by atoms with Crippen molar-refractivity contribution >= 4 is 22.5 Å². The molecular formula is C18H19F3N4O2S. The fourth-order valence-corrected chi connectivity index (χ4v) is 4.38. The van der Waals surface area contributed by atoms with Gasteiger partial charge < -0.3 is 10.1 Å². The van der Waals surface area contributed by atoms with Gasteiger partial charge in [-0.25, -0.2) is 4.79 Å². The first-order valence-corrected chi connectivity index (χ1v) is 9.88. The summed E-state index contributed by atoms with van der Waals surface area (Å²) in [6.45, 7) is 1.38. The highest BCUT2D eigenvalue weighted by Crippen LogP contribution is 2.46. The van der Waals surface area contributed by atoms with Crippen molar-refractivity contribution in [3.63, 3.8) is 0 Å². The third-order valence-corrected chi connectivity index (χ3v) is 6.01. The maximum absolute atomic E-state index is 13.1. The van der Waals surface area contributed by atoms with E-state index in [2.05, 4.69) is 20.8 Å². The summed E-state index contributed by atoms with van der Waals surface area (Å²) in [4.78, 5) is 12.2. The molecule has 150 valence electrons. The second kappa shape index (κ2) is 7.67. The molecule has 2 heterocycles. The monoisotopic (exact) mass is 412 g/mol. The maximum atomic E-state index is 13.1. The smallest absolute Gasteiger partial charge is 0.381 e. The molecule has 4 rings (SSSR count). The fourth-order valence-electron chi connectivity index (χ4n) is 3.47. The first-order valence-electron chi connectivity index (χ1n) is 9.06. The number of rotatable bonds is 4. The summed E-state index contributed by atoms with van der Waals surface area (Å²) in [5.41, 5.74) is -0.423. The standard InChI is InChI=1S/C18H19F3N4O2S/c19-18(20,21)13-4-2-1-3-11(13)12-9-14(12)22-16(26)23-17-25-24-15(28-17)10-5-7-27-8-6-10/h1-4,10,12,14H,5-9H2,(H2,22,23,25,26). The molecule has 2 aliphatic rings. The van der Waals surface area contributed by atoms with Crippen LogP contribution in [0.15, 0.2) is 24.3 Å². The number of nitrogens with zero attached hydrogens (tertiary/aromatic N) is 2. The van der Waals surface area contributed by atoms with E-state index in [0.29, 0.717) is 24.8 Å². The van der Waals surface area contributed by atoms with Crippen molar-refractivity contribution in [2.45, 2.75) is 43.3 Å². The molecule has 2 atom stereocenters. The number of carbonyl (C=O) groups excluding carboxylic acids is 1. The molecule has 1 aliphatic heterocycles. The Balaban J connectivity index is 1.33. The van der Waals surface area contributed by atoms with E-state index in [1.54, 1.807) is 6.07 Å². The normalized spacial score (nSPS) is 22.7. The molecule has 0 bridgehead atoms. The zero-order valence-electron chi connectivity index (χ0n) is 14.8. The van der Waals surface area contributed by atoms with Gasteiger partial charge in [-0.15, -0.1) is 10.2 Å². The quantitative estimate of drug-likeness (QED) is 0.792. The summed E-state index contributed by atoms with van der Waals surface area (Å²) in [5, 5.41) is 14.7. The predicted octanol–water partition coefficient (Wildman–Crippen LogP) is 4.13. The van der Waals surface area contributed by atoms with Crippen molar-refractivity contribution < 1.29 is 22.7 Å². The van der Waals surface area contributed by atoms with Gasteiger partial charge in [0, 0.05) is 31.1 Å². The summed E-state index contributed by atoms with van der Waals surface area (Å²) in [7, 11) is 0. The molecule has 2 amide bonds. The number of alkyl halides is 3. The van der Waals surface area contributed by atoms with Crippen LogP contribution in [0.25, 0.3) is 0 Å². The third kappa shape index (κ3) is 4.27. The van der Waals surface area contributed by atoms with E-state index in [9.17, 15) is 18.0 Å². The first-order chi connectivity index (χ1) is 13.4. The summed E-state index contributed by atoms with van der Waals surface area (Å²) in [6, 6.07) is 4.69. The number of carbonyl (C=O) groups is 1. The lowest BCUT2D eigenvalue weighted by Crippen LogP contribution is -2.31. The summed E-state index contributed by atoms with van der Waals surface area (Å²) in [6.07, 6.45) is -2.17. The van der Waals surface area contributed by atoms with Crippen LogP contribution in [0.4, 0.5) is 23.1 Å². The Bertz CT molecular complexity index is 851. The number of benzene rings is 1. The van der Waals surface area contributed by atoms with Crippen LogP contribution in [0.2, 0.25) is 0 Å². The van der Waals surface area contributed by atoms with Crippen molar-refractivity contribution in [2.75, 3.05) is 18.5 Å². The molecule has 28 heavy (non-hydrogen) atoms. The van der Waals surface area contributed by atoms with E-state index >= 15 is 0 Å². The molecule has 1 aliphatic carbocycles. The average molecular weight is 412 g/mol. The van der Waals surface area contributed by atoms with Crippen molar-refractivity contribution in [1.82, 2.24) is 15.5 Å². The van der Waals surface area contributed by atoms with Gasteiger partial charge in [0.2, 0.25) is 5.13 Å². The van der Waals surface area contributed by atoms with Crippen molar-refractivity contribution in [1.29, 1.82) is 0 Å². The first kappa shape index (κ1) is 19.1. The molecular weight excluding hydrogens is 393 g/mol. The minimum Gasteiger partial charge on any atom is -0.381 e. The molecule has 0 spiro atoms. The number of hydrogen-bond donors (Lipinski definition) is 2. The molecule has 1 saturated carbocycles. The second-order valence-electron chi connectivity index (χ2n) is 6.96. The van der Waals surface area contributed by atoms with E-state index in [1.165, 1.54) is 23.5 Å². The van der Waals surface area contributed by atoms with Crippen LogP contribution in [-0.4, -0.2) is 35.5 Å². The molecule has 1 saturated heterocycles. The summed E-state index contributed by atoms with van der Waals surface area (Å²) in [5.74, 6) is -0.0488. The predicted molar refractivity (Wildman–Crippen MR) is 97.4 cm³/mol. The van der Waals surface area contributed by atoms with Crippen LogP contribution in [0.3, 0.4) is 0 Å². The van der Waals surface area contributed by atoms with E-state index < -0.39 is 17.8 Å². The summed E-state index contributed by atoms with van der Waals surface area (Å²) < 4.78 is 44.8. The van der Waals surface area contributed by atoms with Gasteiger partial charge in [-0.2, -0.15) is 13.2 Å². The van der Waals surface area contributed by atoms with Crippen LogP contribution in [0.5, 0.6) is 0 Å². The molecule has 2 aromatic rings. The van der Waals surface area contributed by atoms with Gasteiger partial charge >= 0.3 is 12.2 Å². The Labute approximate surface area is 163 Å². The lowest BCUT2D eigenvalue weighted by molar-refractivity contribution is -0.138. The minimum absolute atomic E-state index is 0.220. The molecule has 2 N–H and O–H groups in total. The SMILES string of the molecule is O=C(Nc1nnc(C2CCOCC2)s1)NC1CC1c1ccccc1C(F)(F)F. The van der Waals surface area contributed by atoms with Crippen LogP contribution in [0.1, 0.15) is 47.2 Å². The van der Waals surface area contributed by atoms with Crippen LogP contribution >= 0.6 is 11.3 Å². The highest BCUT2D eigenvalue weighted by Gasteiger charge is 2.45. The molecule has 2 fully saturated rings. The Morgan fingerprint density at radius 1 is 1.18 bits per heavy atom. The van der Waals surface area contributed by atoms with Crippen molar-refractivity contribution in [2.24, 2.45) is 0 Å². The van der Waals surface area contributed by atoms with Crippen LogP contribution in [0, 0.1) is 0 Å². The van der Waals surface area contributed by atoms with Gasteiger partial charge in [0.1, 0.15) is 5.01 Å². The molecule has 1 aromatic carbocycles. The van der Waals surface area contributed by atoms with Gasteiger partial charge in [-0.3, -0.25) is 5.32 Å². The van der Waals surface area contributed by atoms with Gasteiger partial charge in [0.05, 0.1) is 5.56 Å². The average Bonchev–Trinajstić information content (AvgIpc) is 3.27. The zero-order chi connectivity index (χ0) is 19.7. The highest BCUT2D eigenvalue weighted by molar-refractivity contribution is 7.15. The number of urea groups is 1. The molecule has 6 nitrogen and oxygen atoms in total. The number of anilines is 1. The van der Waals surface area contributed by atoms with Crippen LogP contribution < -0.4 is 10.6 Å².